The molecule has 0 saturated heterocycles. The molecule has 0 aliphatic rings. The summed E-state index contributed by atoms with van der Waals surface area (Å²) >= 11 is 11.7. The van der Waals surface area contributed by atoms with Crippen molar-refractivity contribution in [1.82, 2.24) is 0 Å². The normalized spacial score (nSPS) is 11.1. The zero-order chi connectivity index (χ0) is 17.7. The second-order valence-electron chi connectivity index (χ2n) is 5.12. The first-order valence-corrected chi connectivity index (χ1v) is 9.65. The molecule has 0 aliphatic heterocycles. The van der Waals surface area contributed by atoms with E-state index >= 15 is 0 Å². The van der Waals surface area contributed by atoms with Crippen molar-refractivity contribution in [2.45, 2.75) is 6.42 Å². The molecule has 0 saturated carbocycles. The number of carbonyl (C=O) groups is 1. The van der Waals surface area contributed by atoms with Gasteiger partial charge in [-0.05, 0) is 42.5 Å². The number of halogens is 2. The lowest BCUT2D eigenvalue weighted by molar-refractivity contribution is -0.116. The van der Waals surface area contributed by atoms with Crippen molar-refractivity contribution in [3.63, 3.8) is 0 Å². The van der Waals surface area contributed by atoms with Gasteiger partial charge in [0.05, 0.1) is 11.9 Å². The molecule has 0 unspecified atom stereocenters. The smallest absolute Gasteiger partial charge is 0.232 e. The highest BCUT2D eigenvalue weighted by atomic mass is 35.5. The number of amides is 1. The SMILES string of the molecule is CS(=O)(=O)N(CCC(=O)Nc1ccc(Cl)cc1)c1cccc(Cl)c1. The number of benzene rings is 2. The van der Waals surface area contributed by atoms with E-state index < -0.39 is 10.0 Å². The maximum atomic E-state index is 12.0. The highest BCUT2D eigenvalue weighted by molar-refractivity contribution is 7.92. The van der Waals surface area contributed by atoms with E-state index in [1.165, 1.54) is 0 Å². The van der Waals surface area contributed by atoms with Crippen LogP contribution < -0.4 is 9.62 Å². The largest absolute Gasteiger partial charge is 0.326 e. The molecule has 0 aliphatic carbocycles. The summed E-state index contributed by atoms with van der Waals surface area (Å²) in [5, 5.41) is 3.68. The molecule has 2 aromatic rings. The van der Waals surface area contributed by atoms with Gasteiger partial charge < -0.3 is 5.32 Å². The number of rotatable bonds is 6. The molecular weight excluding hydrogens is 371 g/mol. The predicted octanol–water partition coefficient (Wildman–Crippen LogP) is 3.79. The Labute approximate surface area is 151 Å². The third-order valence-electron chi connectivity index (χ3n) is 3.17. The Morgan fingerprint density at radius 1 is 1.08 bits per heavy atom. The van der Waals surface area contributed by atoms with Crippen molar-refractivity contribution in [2.75, 3.05) is 22.4 Å². The maximum Gasteiger partial charge on any atom is 0.232 e. The van der Waals surface area contributed by atoms with Crippen molar-refractivity contribution in [2.24, 2.45) is 0 Å². The fourth-order valence-corrected chi connectivity index (χ4v) is 3.31. The zero-order valence-electron chi connectivity index (χ0n) is 12.9. The van der Waals surface area contributed by atoms with Crippen LogP contribution in [0.5, 0.6) is 0 Å². The van der Waals surface area contributed by atoms with Gasteiger partial charge in [0, 0.05) is 28.7 Å². The van der Waals surface area contributed by atoms with E-state index in [4.69, 9.17) is 23.2 Å². The van der Waals surface area contributed by atoms with E-state index in [2.05, 4.69) is 5.32 Å². The first-order valence-electron chi connectivity index (χ1n) is 7.04. The maximum absolute atomic E-state index is 12.0. The molecule has 2 aromatic carbocycles. The van der Waals surface area contributed by atoms with Crippen molar-refractivity contribution in [3.8, 4) is 0 Å². The average molecular weight is 387 g/mol. The van der Waals surface area contributed by atoms with Crippen LogP contribution in [0.3, 0.4) is 0 Å². The lowest BCUT2D eigenvalue weighted by Crippen LogP contribution is -2.33. The van der Waals surface area contributed by atoms with E-state index in [-0.39, 0.29) is 18.9 Å². The van der Waals surface area contributed by atoms with Crippen LogP contribution in [0.1, 0.15) is 6.42 Å². The second-order valence-corrected chi connectivity index (χ2v) is 7.90. The van der Waals surface area contributed by atoms with Gasteiger partial charge in [0.2, 0.25) is 15.9 Å². The van der Waals surface area contributed by atoms with Crippen LogP contribution in [0.15, 0.2) is 48.5 Å². The predicted molar refractivity (Wildman–Crippen MR) is 98.3 cm³/mol. The minimum Gasteiger partial charge on any atom is -0.326 e. The Balaban J connectivity index is 2.05. The van der Waals surface area contributed by atoms with Crippen LogP contribution >= 0.6 is 23.2 Å². The quantitative estimate of drug-likeness (QED) is 0.820. The van der Waals surface area contributed by atoms with E-state index in [1.807, 2.05) is 0 Å². The molecule has 0 radical (unpaired) electrons. The van der Waals surface area contributed by atoms with Gasteiger partial charge in [-0.1, -0.05) is 29.3 Å². The summed E-state index contributed by atoms with van der Waals surface area (Å²) in [4.78, 5) is 12.0. The van der Waals surface area contributed by atoms with Crippen molar-refractivity contribution >= 4 is 50.5 Å². The number of hydrogen-bond donors (Lipinski definition) is 1. The Bertz CT molecular complexity index is 823. The molecule has 5 nitrogen and oxygen atoms in total. The lowest BCUT2D eigenvalue weighted by Gasteiger charge is -2.22. The molecule has 0 fully saturated rings. The van der Waals surface area contributed by atoms with Gasteiger partial charge in [0.25, 0.3) is 0 Å². The molecule has 2 rings (SSSR count). The highest BCUT2D eigenvalue weighted by Crippen LogP contribution is 2.22. The molecule has 8 heteroatoms. The summed E-state index contributed by atoms with van der Waals surface area (Å²) in [7, 11) is -3.53. The van der Waals surface area contributed by atoms with Gasteiger partial charge >= 0.3 is 0 Å². The van der Waals surface area contributed by atoms with Gasteiger partial charge in [0.1, 0.15) is 0 Å². The number of nitrogens with one attached hydrogen (secondary N) is 1. The summed E-state index contributed by atoms with van der Waals surface area (Å²) in [6.45, 7) is 0.0125. The number of carbonyl (C=O) groups excluding carboxylic acids is 1. The molecule has 0 atom stereocenters. The summed E-state index contributed by atoms with van der Waals surface area (Å²) < 4.78 is 25.1. The van der Waals surface area contributed by atoms with E-state index in [0.29, 0.717) is 21.4 Å². The van der Waals surface area contributed by atoms with E-state index in [1.54, 1.807) is 48.5 Å². The van der Waals surface area contributed by atoms with Gasteiger partial charge in [0.15, 0.2) is 0 Å². The van der Waals surface area contributed by atoms with Crippen LogP contribution in [0.4, 0.5) is 11.4 Å². The van der Waals surface area contributed by atoms with Gasteiger partial charge in [-0.15, -0.1) is 0 Å². The molecule has 24 heavy (non-hydrogen) atoms. The molecule has 1 amide bonds. The minimum absolute atomic E-state index is 0.00219. The highest BCUT2D eigenvalue weighted by Gasteiger charge is 2.18. The average Bonchev–Trinajstić information content (AvgIpc) is 2.48. The van der Waals surface area contributed by atoms with E-state index in [9.17, 15) is 13.2 Å². The Hall–Kier alpha value is -1.76. The molecular formula is C16H16Cl2N2O3S. The number of nitrogens with zero attached hydrogens (tertiary/aromatic N) is 1. The first-order chi connectivity index (χ1) is 11.3. The number of anilines is 2. The third-order valence-corrected chi connectivity index (χ3v) is 4.85. The molecule has 0 bridgehead atoms. The molecule has 0 spiro atoms. The first kappa shape index (κ1) is 18.6. The molecule has 0 aromatic heterocycles. The molecule has 0 heterocycles. The summed E-state index contributed by atoms with van der Waals surface area (Å²) in [5.41, 5.74) is 1.02. The fraction of sp³-hybridized carbons (Fsp3) is 0.188. The number of sulfonamides is 1. The lowest BCUT2D eigenvalue weighted by atomic mass is 10.3. The monoisotopic (exact) mass is 386 g/mol. The Morgan fingerprint density at radius 3 is 2.33 bits per heavy atom. The third kappa shape index (κ3) is 5.40. The van der Waals surface area contributed by atoms with Crippen LogP contribution in [-0.4, -0.2) is 27.1 Å². The standard InChI is InChI=1S/C16H16Cl2N2O3S/c1-24(22,23)20(15-4-2-3-13(18)11-15)10-9-16(21)19-14-7-5-12(17)6-8-14/h2-8,11H,9-10H2,1H3,(H,19,21). The second kappa shape index (κ2) is 7.88. The molecule has 1 N–H and O–H groups in total. The summed E-state index contributed by atoms with van der Waals surface area (Å²) in [5.74, 6) is -0.298. The number of hydrogen-bond acceptors (Lipinski definition) is 3. The Morgan fingerprint density at radius 2 is 1.75 bits per heavy atom. The van der Waals surface area contributed by atoms with Crippen LogP contribution in [0.25, 0.3) is 0 Å². The van der Waals surface area contributed by atoms with Gasteiger partial charge in [-0.3, -0.25) is 9.10 Å². The van der Waals surface area contributed by atoms with Crippen molar-refractivity contribution < 1.29 is 13.2 Å². The topological polar surface area (TPSA) is 66.5 Å². The summed E-state index contributed by atoms with van der Waals surface area (Å²) in [6, 6.07) is 13.1. The van der Waals surface area contributed by atoms with Crippen LogP contribution in [-0.2, 0) is 14.8 Å². The zero-order valence-corrected chi connectivity index (χ0v) is 15.2. The van der Waals surface area contributed by atoms with Gasteiger partial charge in [-0.2, -0.15) is 0 Å². The van der Waals surface area contributed by atoms with Gasteiger partial charge in [-0.25, -0.2) is 8.42 Å². The summed E-state index contributed by atoms with van der Waals surface area (Å²) in [6.07, 6.45) is 1.09. The molecule has 128 valence electrons. The van der Waals surface area contributed by atoms with Crippen molar-refractivity contribution in [1.29, 1.82) is 0 Å². The fourth-order valence-electron chi connectivity index (χ4n) is 2.08. The van der Waals surface area contributed by atoms with Crippen LogP contribution in [0.2, 0.25) is 10.0 Å². The minimum atomic E-state index is -3.53. The van der Waals surface area contributed by atoms with Crippen LogP contribution in [0, 0.1) is 0 Å². The van der Waals surface area contributed by atoms with E-state index in [0.717, 1.165) is 10.6 Å². The Kier molecular flexibility index (Phi) is 6.10. The van der Waals surface area contributed by atoms with Crippen molar-refractivity contribution in [3.05, 3.63) is 58.6 Å².